The van der Waals surface area contributed by atoms with E-state index in [1.165, 1.54) is 6.42 Å². The largest absolute Gasteiger partial charge is 0.460 e. The molecule has 1 amide bonds. The summed E-state index contributed by atoms with van der Waals surface area (Å²) in [5.74, 6) is 1.12. The van der Waals surface area contributed by atoms with Gasteiger partial charge in [0.25, 0.3) is 0 Å². The molecule has 0 aromatic rings. The van der Waals surface area contributed by atoms with Crippen molar-refractivity contribution in [3.63, 3.8) is 0 Å². The number of hydrogen-bond acceptors (Lipinski definition) is 3. The monoisotopic (exact) mass is 255 g/mol. The van der Waals surface area contributed by atoms with Crippen LogP contribution in [0.5, 0.6) is 0 Å². The fourth-order valence-corrected chi connectivity index (χ4v) is 1.90. The lowest BCUT2D eigenvalue weighted by atomic mass is 10.2. The number of ether oxygens (including phenoxy) is 1. The van der Waals surface area contributed by atoms with Gasteiger partial charge in [0.05, 0.1) is 6.42 Å². The third-order valence-electron chi connectivity index (χ3n) is 3.17. The summed E-state index contributed by atoms with van der Waals surface area (Å²) in [6.07, 6.45) is 1.62. The second-order valence-electron chi connectivity index (χ2n) is 6.33. The fourth-order valence-electron chi connectivity index (χ4n) is 1.90. The molecule has 0 N–H and O–H groups in total. The van der Waals surface area contributed by atoms with Crippen LogP contribution in [-0.4, -0.2) is 36.0 Å². The van der Waals surface area contributed by atoms with Gasteiger partial charge in [-0.2, -0.15) is 0 Å². The molecule has 1 saturated carbocycles. The van der Waals surface area contributed by atoms with Gasteiger partial charge in [-0.15, -0.1) is 0 Å². The zero-order valence-corrected chi connectivity index (χ0v) is 12.2. The van der Waals surface area contributed by atoms with Crippen molar-refractivity contribution in [3.05, 3.63) is 0 Å². The summed E-state index contributed by atoms with van der Waals surface area (Å²) in [6, 6.07) is 0. The molecule has 0 spiro atoms. The zero-order chi connectivity index (χ0) is 13.9. The molecule has 0 heterocycles. The summed E-state index contributed by atoms with van der Waals surface area (Å²) in [5, 5.41) is 0. The number of carbonyl (C=O) groups is 2. The number of amides is 1. The average molecular weight is 255 g/mol. The normalized spacial score (nSPS) is 22.5. The minimum atomic E-state index is -0.477. The van der Waals surface area contributed by atoms with E-state index in [1.807, 2.05) is 27.8 Å². The van der Waals surface area contributed by atoms with Crippen LogP contribution in [0.1, 0.15) is 47.0 Å². The van der Waals surface area contributed by atoms with Crippen LogP contribution in [0, 0.1) is 11.8 Å². The topological polar surface area (TPSA) is 46.6 Å². The molecule has 4 heteroatoms. The first kappa shape index (κ1) is 15.0. The molecule has 0 aromatic heterocycles. The van der Waals surface area contributed by atoms with Crippen molar-refractivity contribution >= 4 is 11.9 Å². The van der Waals surface area contributed by atoms with Crippen molar-refractivity contribution in [2.75, 3.05) is 13.6 Å². The molecule has 0 aromatic carbocycles. The molecule has 104 valence electrons. The summed E-state index contributed by atoms with van der Waals surface area (Å²) in [7, 11) is 1.81. The average Bonchev–Trinajstić information content (AvgIpc) is 2.88. The van der Waals surface area contributed by atoms with Crippen molar-refractivity contribution in [2.45, 2.75) is 52.6 Å². The van der Waals surface area contributed by atoms with Crippen LogP contribution in [0.3, 0.4) is 0 Å². The highest BCUT2D eigenvalue weighted by Crippen LogP contribution is 2.38. The Labute approximate surface area is 110 Å². The van der Waals surface area contributed by atoms with Crippen LogP contribution in [0.2, 0.25) is 0 Å². The van der Waals surface area contributed by atoms with Crippen LogP contribution in [0.4, 0.5) is 0 Å². The molecular weight excluding hydrogens is 230 g/mol. The Balaban J connectivity index is 2.21. The standard InChI is InChI=1S/C14H25NO3/c1-10-8-11(10)9-15(5)12(16)6-7-13(17)18-14(2,3)4/h10-11H,6-9H2,1-5H3. The van der Waals surface area contributed by atoms with Crippen LogP contribution < -0.4 is 0 Å². The summed E-state index contributed by atoms with van der Waals surface area (Å²) < 4.78 is 5.17. The highest BCUT2D eigenvalue weighted by molar-refractivity contribution is 5.81. The molecule has 1 fully saturated rings. The molecule has 1 aliphatic rings. The number of esters is 1. The van der Waals surface area contributed by atoms with E-state index >= 15 is 0 Å². The number of carbonyl (C=O) groups excluding carboxylic acids is 2. The van der Waals surface area contributed by atoms with Gasteiger partial charge in [0.1, 0.15) is 5.60 Å². The number of nitrogens with zero attached hydrogens (tertiary/aromatic N) is 1. The summed E-state index contributed by atoms with van der Waals surface area (Å²) >= 11 is 0. The third-order valence-corrected chi connectivity index (χ3v) is 3.17. The van der Waals surface area contributed by atoms with E-state index in [2.05, 4.69) is 6.92 Å². The second-order valence-corrected chi connectivity index (χ2v) is 6.33. The van der Waals surface area contributed by atoms with Gasteiger partial charge >= 0.3 is 5.97 Å². The molecular formula is C14H25NO3. The number of rotatable bonds is 5. The first-order valence-corrected chi connectivity index (χ1v) is 6.65. The van der Waals surface area contributed by atoms with E-state index in [-0.39, 0.29) is 24.7 Å². The van der Waals surface area contributed by atoms with Gasteiger partial charge in [0.2, 0.25) is 5.91 Å². The molecule has 2 atom stereocenters. The Morgan fingerprint density at radius 1 is 1.28 bits per heavy atom. The Hall–Kier alpha value is -1.06. The van der Waals surface area contributed by atoms with E-state index in [4.69, 9.17) is 4.74 Å². The quantitative estimate of drug-likeness (QED) is 0.708. The van der Waals surface area contributed by atoms with Gasteiger partial charge in [-0.1, -0.05) is 6.92 Å². The minimum absolute atomic E-state index is 0.0277. The molecule has 0 saturated heterocycles. The zero-order valence-electron chi connectivity index (χ0n) is 12.2. The molecule has 1 aliphatic carbocycles. The Morgan fingerprint density at radius 3 is 2.28 bits per heavy atom. The van der Waals surface area contributed by atoms with Crippen molar-refractivity contribution in [1.82, 2.24) is 4.90 Å². The predicted molar refractivity (Wildman–Crippen MR) is 70.0 cm³/mol. The lowest BCUT2D eigenvalue weighted by Gasteiger charge is -2.20. The van der Waals surface area contributed by atoms with Crippen LogP contribution >= 0.6 is 0 Å². The maximum Gasteiger partial charge on any atom is 0.306 e. The maximum absolute atomic E-state index is 11.8. The Morgan fingerprint density at radius 2 is 1.83 bits per heavy atom. The van der Waals surface area contributed by atoms with Crippen LogP contribution in [-0.2, 0) is 14.3 Å². The SMILES string of the molecule is CC1CC1CN(C)C(=O)CCC(=O)OC(C)(C)C. The van der Waals surface area contributed by atoms with Crippen molar-refractivity contribution < 1.29 is 14.3 Å². The van der Waals surface area contributed by atoms with Crippen molar-refractivity contribution in [1.29, 1.82) is 0 Å². The summed E-state index contributed by atoms with van der Waals surface area (Å²) in [5.41, 5.74) is -0.477. The summed E-state index contributed by atoms with van der Waals surface area (Å²) in [4.78, 5) is 25.0. The molecule has 1 rings (SSSR count). The molecule has 2 unspecified atom stereocenters. The van der Waals surface area contributed by atoms with E-state index in [9.17, 15) is 9.59 Å². The molecule has 0 radical (unpaired) electrons. The molecule has 0 bridgehead atoms. The molecule has 0 aliphatic heterocycles. The molecule has 18 heavy (non-hydrogen) atoms. The van der Waals surface area contributed by atoms with E-state index < -0.39 is 5.60 Å². The molecule has 4 nitrogen and oxygen atoms in total. The van der Waals surface area contributed by atoms with Gasteiger partial charge in [0.15, 0.2) is 0 Å². The van der Waals surface area contributed by atoms with Crippen molar-refractivity contribution in [3.8, 4) is 0 Å². The Bertz CT molecular complexity index is 319. The van der Waals surface area contributed by atoms with Gasteiger partial charge in [0, 0.05) is 20.0 Å². The highest BCUT2D eigenvalue weighted by Gasteiger charge is 2.34. The van der Waals surface area contributed by atoms with Crippen LogP contribution in [0.15, 0.2) is 0 Å². The highest BCUT2D eigenvalue weighted by atomic mass is 16.6. The maximum atomic E-state index is 11.8. The predicted octanol–water partition coefficient (Wildman–Crippen LogP) is 2.22. The van der Waals surface area contributed by atoms with E-state index in [1.54, 1.807) is 4.90 Å². The summed E-state index contributed by atoms with van der Waals surface area (Å²) in [6.45, 7) is 8.49. The lowest BCUT2D eigenvalue weighted by Crippen LogP contribution is -2.30. The van der Waals surface area contributed by atoms with E-state index in [0.29, 0.717) is 5.92 Å². The van der Waals surface area contributed by atoms with Gasteiger partial charge in [-0.05, 0) is 39.0 Å². The smallest absolute Gasteiger partial charge is 0.306 e. The fraction of sp³-hybridized carbons (Fsp3) is 0.857. The lowest BCUT2D eigenvalue weighted by molar-refractivity contribution is -0.156. The first-order chi connectivity index (χ1) is 8.19. The second kappa shape index (κ2) is 5.72. The van der Waals surface area contributed by atoms with Crippen molar-refractivity contribution in [2.24, 2.45) is 11.8 Å². The van der Waals surface area contributed by atoms with Gasteiger partial charge in [-0.3, -0.25) is 9.59 Å². The van der Waals surface area contributed by atoms with Gasteiger partial charge < -0.3 is 9.64 Å². The number of hydrogen-bond donors (Lipinski definition) is 0. The van der Waals surface area contributed by atoms with Crippen LogP contribution in [0.25, 0.3) is 0 Å². The minimum Gasteiger partial charge on any atom is -0.460 e. The third kappa shape index (κ3) is 5.52. The first-order valence-electron chi connectivity index (χ1n) is 6.65. The van der Waals surface area contributed by atoms with Gasteiger partial charge in [-0.25, -0.2) is 0 Å². The Kier molecular flexibility index (Phi) is 4.77. The van der Waals surface area contributed by atoms with E-state index in [0.717, 1.165) is 12.5 Å².